The molecule has 0 radical (unpaired) electrons. The molecule has 0 fully saturated rings. The number of ether oxygens (including phenoxy) is 2. The molecule has 1 aliphatic rings. The topological polar surface area (TPSA) is 75.1 Å². The van der Waals surface area contributed by atoms with Crippen molar-refractivity contribution in [3.05, 3.63) is 42.1 Å². The fraction of sp³-hybridized carbons (Fsp3) is 0.520. The van der Waals surface area contributed by atoms with Gasteiger partial charge in [-0.1, -0.05) is 32.0 Å². The minimum absolute atomic E-state index is 0.0797. The molecule has 2 heterocycles. The van der Waals surface area contributed by atoms with Gasteiger partial charge in [-0.25, -0.2) is 4.98 Å². The van der Waals surface area contributed by atoms with Gasteiger partial charge in [-0.15, -0.1) is 0 Å². The van der Waals surface area contributed by atoms with E-state index in [1.807, 2.05) is 37.3 Å². The molecule has 1 aromatic carbocycles. The quantitative estimate of drug-likeness (QED) is 0.677. The molecule has 1 N–H and O–H groups in total. The van der Waals surface area contributed by atoms with Crippen molar-refractivity contribution < 1.29 is 19.4 Å². The van der Waals surface area contributed by atoms with Gasteiger partial charge in [0.1, 0.15) is 17.4 Å². The van der Waals surface area contributed by atoms with Gasteiger partial charge in [-0.05, 0) is 39.1 Å². The first-order valence-corrected chi connectivity index (χ1v) is 11.3. The standard InChI is InChI=1S/C25H35N3O4/c1-6-11-27(4)15-23-17(2)14-28(18(3)16-29)25(30)21-12-19(13-26-24(21)32-23)20-9-7-8-10-22(20)31-5/h7-10,12-13,17-18,23,29H,6,11,14-16H2,1-5H3/t17-,18-,23+/m0/s1. The first-order chi connectivity index (χ1) is 15.4. The summed E-state index contributed by atoms with van der Waals surface area (Å²) in [6, 6.07) is 9.17. The molecule has 32 heavy (non-hydrogen) atoms. The van der Waals surface area contributed by atoms with Gasteiger partial charge in [0, 0.05) is 36.3 Å². The first kappa shape index (κ1) is 24.0. The summed E-state index contributed by atoms with van der Waals surface area (Å²) in [5.74, 6) is 0.945. The van der Waals surface area contributed by atoms with Crippen LogP contribution in [0, 0.1) is 5.92 Å². The summed E-state index contributed by atoms with van der Waals surface area (Å²) in [6.45, 7) is 8.21. The summed E-state index contributed by atoms with van der Waals surface area (Å²) in [7, 11) is 3.70. The number of aromatic nitrogens is 1. The molecule has 0 saturated heterocycles. The lowest BCUT2D eigenvalue weighted by atomic mass is 9.99. The number of benzene rings is 1. The lowest BCUT2D eigenvalue weighted by molar-refractivity contribution is 0.0331. The number of methoxy groups -OCH3 is 1. The van der Waals surface area contributed by atoms with Gasteiger partial charge in [0.25, 0.3) is 5.91 Å². The molecule has 7 heteroatoms. The van der Waals surface area contributed by atoms with E-state index in [4.69, 9.17) is 9.47 Å². The van der Waals surface area contributed by atoms with Crippen molar-refractivity contribution in [1.29, 1.82) is 0 Å². The van der Waals surface area contributed by atoms with Gasteiger partial charge in [-0.2, -0.15) is 0 Å². The van der Waals surface area contributed by atoms with Crippen molar-refractivity contribution >= 4 is 5.91 Å². The molecule has 0 spiro atoms. The molecule has 1 amide bonds. The molecular formula is C25H35N3O4. The van der Waals surface area contributed by atoms with Crippen molar-refractivity contribution in [3.8, 4) is 22.8 Å². The molecule has 0 aliphatic carbocycles. The van der Waals surface area contributed by atoms with E-state index in [9.17, 15) is 9.90 Å². The van der Waals surface area contributed by atoms with Crippen LogP contribution < -0.4 is 9.47 Å². The van der Waals surface area contributed by atoms with Crippen LogP contribution in [0.2, 0.25) is 0 Å². The summed E-state index contributed by atoms with van der Waals surface area (Å²) in [5.41, 5.74) is 2.04. The molecule has 1 aromatic heterocycles. The van der Waals surface area contributed by atoms with E-state index >= 15 is 0 Å². The number of nitrogens with zero attached hydrogens (tertiary/aromatic N) is 3. The van der Waals surface area contributed by atoms with E-state index in [2.05, 4.69) is 30.8 Å². The van der Waals surface area contributed by atoms with Gasteiger partial charge < -0.3 is 24.4 Å². The maximum absolute atomic E-state index is 13.6. The molecule has 3 atom stereocenters. The highest BCUT2D eigenvalue weighted by molar-refractivity contribution is 5.98. The first-order valence-electron chi connectivity index (χ1n) is 11.3. The minimum atomic E-state index is -0.306. The lowest BCUT2D eigenvalue weighted by Crippen LogP contribution is -2.50. The second kappa shape index (κ2) is 10.8. The van der Waals surface area contributed by atoms with Crippen molar-refractivity contribution in [1.82, 2.24) is 14.8 Å². The maximum atomic E-state index is 13.6. The second-order valence-electron chi connectivity index (χ2n) is 8.66. The molecule has 2 aromatic rings. The zero-order valence-corrected chi connectivity index (χ0v) is 19.7. The Hall–Kier alpha value is -2.64. The minimum Gasteiger partial charge on any atom is -0.496 e. The van der Waals surface area contributed by atoms with Crippen LogP contribution in [0.25, 0.3) is 11.1 Å². The fourth-order valence-corrected chi connectivity index (χ4v) is 4.13. The van der Waals surface area contributed by atoms with E-state index in [1.165, 1.54) is 0 Å². The normalized spacial score (nSPS) is 19.7. The number of amides is 1. The Kier molecular flexibility index (Phi) is 8.10. The number of likely N-dealkylation sites (N-methyl/N-ethyl adjacent to an activating group) is 1. The lowest BCUT2D eigenvalue weighted by Gasteiger charge is -2.37. The molecule has 0 bridgehead atoms. The van der Waals surface area contributed by atoms with Crippen molar-refractivity contribution in [2.24, 2.45) is 5.92 Å². The Morgan fingerprint density at radius 1 is 1.34 bits per heavy atom. The molecule has 174 valence electrons. The average Bonchev–Trinajstić information content (AvgIpc) is 2.80. The monoisotopic (exact) mass is 441 g/mol. The van der Waals surface area contributed by atoms with E-state index < -0.39 is 0 Å². The average molecular weight is 442 g/mol. The fourth-order valence-electron chi connectivity index (χ4n) is 4.13. The van der Waals surface area contributed by atoms with Crippen LogP contribution in [0.1, 0.15) is 37.6 Å². The Labute approximate surface area is 191 Å². The Morgan fingerprint density at radius 3 is 2.78 bits per heavy atom. The van der Waals surface area contributed by atoms with E-state index in [1.54, 1.807) is 18.2 Å². The predicted molar refractivity (Wildman–Crippen MR) is 125 cm³/mol. The van der Waals surface area contributed by atoms with E-state index in [0.717, 1.165) is 30.6 Å². The maximum Gasteiger partial charge on any atom is 0.259 e. The third-order valence-electron chi connectivity index (χ3n) is 6.04. The van der Waals surface area contributed by atoms with E-state index in [-0.39, 0.29) is 30.6 Å². The summed E-state index contributed by atoms with van der Waals surface area (Å²) >= 11 is 0. The molecule has 1 aliphatic heterocycles. The van der Waals surface area contributed by atoms with Crippen LogP contribution in [0.3, 0.4) is 0 Å². The summed E-state index contributed by atoms with van der Waals surface area (Å²) in [5, 5.41) is 9.82. The number of carbonyl (C=O) groups excluding carboxylic acids is 1. The van der Waals surface area contributed by atoms with Gasteiger partial charge in [0.15, 0.2) is 0 Å². The van der Waals surface area contributed by atoms with E-state index in [0.29, 0.717) is 23.7 Å². The SMILES string of the molecule is CCCN(C)C[C@H]1Oc2ncc(-c3ccccc3OC)cc2C(=O)N([C@@H](C)CO)C[C@@H]1C. The predicted octanol–water partition coefficient (Wildman–Crippen LogP) is 3.32. The highest BCUT2D eigenvalue weighted by Gasteiger charge is 2.34. The number of fused-ring (bicyclic) bond motifs is 1. The molecular weight excluding hydrogens is 406 g/mol. The van der Waals surface area contributed by atoms with Crippen LogP contribution in [0.15, 0.2) is 36.5 Å². The Balaban J connectivity index is 2.06. The summed E-state index contributed by atoms with van der Waals surface area (Å²) < 4.78 is 11.8. The van der Waals surface area contributed by atoms with Crippen molar-refractivity contribution in [2.45, 2.75) is 39.3 Å². The number of aliphatic hydroxyl groups excluding tert-OH is 1. The van der Waals surface area contributed by atoms with Crippen molar-refractivity contribution in [2.75, 3.05) is 40.4 Å². The van der Waals surface area contributed by atoms with Crippen molar-refractivity contribution in [3.63, 3.8) is 0 Å². The number of carbonyl (C=O) groups is 1. The number of pyridine rings is 1. The highest BCUT2D eigenvalue weighted by Crippen LogP contribution is 2.34. The summed E-state index contributed by atoms with van der Waals surface area (Å²) in [6.07, 6.45) is 2.65. The zero-order chi connectivity index (χ0) is 23.3. The van der Waals surface area contributed by atoms with Gasteiger partial charge in [0.2, 0.25) is 5.88 Å². The molecule has 3 rings (SSSR count). The number of hydrogen-bond donors (Lipinski definition) is 1. The highest BCUT2D eigenvalue weighted by atomic mass is 16.5. The third kappa shape index (κ3) is 5.22. The Morgan fingerprint density at radius 2 is 2.09 bits per heavy atom. The number of para-hydroxylation sites is 1. The Bertz CT molecular complexity index is 920. The smallest absolute Gasteiger partial charge is 0.259 e. The number of aliphatic hydroxyl groups is 1. The number of hydrogen-bond acceptors (Lipinski definition) is 6. The van der Waals surface area contributed by atoms with Gasteiger partial charge in [-0.3, -0.25) is 4.79 Å². The summed E-state index contributed by atoms with van der Waals surface area (Å²) in [4.78, 5) is 22.1. The number of rotatable bonds is 8. The van der Waals surface area contributed by atoms with Gasteiger partial charge >= 0.3 is 0 Å². The third-order valence-corrected chi connectivity index (χ3v) is 6.04. The van der Waals surface area contributed by atoms with Crippen LogP contribution in [0.4, 0.5) is 0 Å². The zero-order valence-electron chi connectivity index (χ0n) is 19.7. The van der Waals surface area contributed by atoms with Crippen LogP contribution in [-0.2, 0) is 0 Å². The largest absolute Gasteiger partial charge is 0.496 e. The molecule has 0 unspecified atom stereocenters. The van der Waals surface area contributed by atoms with Crippen LogP contribution in [0.5, 0.6) is 11.6 Å². The van der Waals surface area contributed by atoms with Gasteiger partial charge in [0.05, 0.1) is 19.8 Å². The molecule has 7 nitrogen and oxygen atoms in total. The molecule has 0 saturated carbocycles. The van der Waals surface area contributed by atoms with Crippen LogP contribution >= 0.6 is 0 Å². The second-order valence-corrected chi connectivity index (χ2v) is 8.66. The van der Waals surface area contributed by atoms with Crippen LogP contribution in [-0.4, -0.2) is 78.3 Å².